The number of nitrogens with one attached hydrogen (secondary N) is 1. The van der Waals surface area contributed by atoms with Gasteiger partial charge < -0.3 is 10.1 Å². The van der Waals surface area contributed by atoms with Crippen molar-refractivity contribution in [2.45, 2.75) is 6.92 Å². The maximum absolute atomic E-state index is 12.0. The predicted molar refractivity (Wildman–Crippen MR) is 84.7 cm³/mol. The van der Waals surface area contributed by atoms with Gasteiger partial charge in [0.1, 0.15) is 5.75 Å². The molecule has 1 N–H and O–H groups in total. The number of anilines is 1. The number of ketones is 1. The van der Waals surface area contributed by atoms with Gasteiger partial charge in [-0.3, -0.25) is 9.59 Å². The lowest BCUT2D eigenvalue weighted by Gasteiger charge is -2.11. The van der Waals surface area contributed by atoms with Crippen LogP contribution in [0.4, 0.5) is 5.69 Å². The van der Waals surface area contributed by atoms with Gasteiger partial charge >= 0.3 is 0 Å². The number of amides is 1. The van der Waals surface area contributed by atoms with Gasteiger partial charge in [0.2, 0.25) is 5.91 Å². The Morgan fingerprint density at radius 1 is 1.10 bits per heavy atom. The van der Waals surface area contributed by atoms with E-state index in [9.17, 15) is 9.59 Å². The summed E-state index contributed by atoms with van der Waals surface area (Å²) in [5.41, 5.74) is 1.13. The van der Waals surface area contributed by atoms with E-state index in [0.717, 1.165) is 4.47 Å². The molecule has 0 saturated carbocycles. The van der Waals surface area contributed by atoms with E-state index in [0.29, 0.717) is 17.0 Å². The van der Waals surface area contributed by atoms with E-state index in [1.807, 2.05) is 0 Å². The summed E-state index contributed by atoms with van der Waals surface area (Å²) in [7, 11) is 0. The minimum Gasteiger partial charge on any atom is -0.483 e. The van der Waals surface area contributed by atoms with Gasteiger partial charge in [-0.15, -0.1) is 0 Å². The fourth-order valence-corrected chi connectivity index (χ4v) is 2.01. The van der Waals surface area contributed by atoms with Crippen LogP contribution in [0.25, 0.3) is 0 Å². The second-order valence-corrected chi connectivity index (χ2v) is 5.31. The molecule has 0 atom stereocenters. The van der Waals surface area contributed by atoms with Crippen LogP contribution in [0.2, 0.25) is 0 Å². The molecule has 0 aliphatic heterocycles. The van der Waals surface area contributed by atoms with Crippen LogP contribution in [0.3, 0.4) is 0 Å². The molecule has 0 radical (unpaired) electrons. The number of carbonyl (C=O) groups is 2. The molecular formula is C16H14BrNO3. The number of benzene rings is 2. The molecule has 0 bridgehead atoms. The molecule has 0 heterocycles. The van der Waals surface area contributed by atoms with Crippen LogP contribution < -0.4 is 10.1 Å². The average molecular weight is 348 g/mol. The van der Waals surface area contributed by atoms with Gasteiger partial charge in [-0.05, 0) is 24.3 Å². The van der Waals surface area contributed by atoms with Crippen molar-refractivity contribution in [2.75, 3.05) is 11.9 Å². The first-order chi connectivity index (χ1) is 10.1. The fraction of sp³-hybridized carbons (Fsp3) is 0.125. The summed E-state index contributed by atoms with van der Waals surface area (Å²) in [6.07, 6.45) is 0. The first-order valence-electron chi connectivity index (χ1n) is 6.34. The maximum atomic E-state index is 12.0. The van der Waals surface area contributed by atoms with Gasteiger partial charge in [0.05, 0.1) is 5.69 Å². The number of carbonyl (C=O) groups excluding carboxylic acids is 2. The number of hydrogen-bond acceptors (Lipinski definition) is 3. The summed E-state index contributed by atoms with van der Waals surface area (Å²) in [5, 5.41) is 2.66. The van der Waals surface area contributed by atoms with Crippen molar-refractivity contribution in [3.8, 4) is 5.75 Å². The smallest absolute Gasteiger partial charge is 0.221 e. The monoisotopic (exact) mass is 347 g/mol. The summed E-state index contributed by atoms with van der Waals surface area (Å²) in [6.45, 7) is 1.34. The summed E-state index contributed by atoms with van der Waals surface area (Å²) in [5.74, 6) is 0.156. The lowest BCUT2D eigenvalue weighted by Crippen LogP contribution is -2.13. The Labute approximate surface area is 131 Å². The zero-order chi connectivity index (χ0) is 15.2. The van der Waals surface area contributed by atoms with E-state index in [1.165, 1.54) is 6.92 Å². The number of rotatable bonds is 5. The van der Waals surface area contributed by atoms with Crippen molar-refractivity contribution in [2.24, 2.45) is 0 Å². The molecule has 0 unspecified atom stereocenters. The van der Waals surface area contributed by atoms with Crippen molar-refractivity contribution in [1.29, 1.82) is 0 Å². The largest absolute Gasteiger partial charge is 0.483 e. The van der Waals surface area contributed by atoms with E-state index < -0.39 is 0 Å². The summed E-state index contributed by atoms with van der Waals surface area (Å²) in [4.78, 5) is 23.2. The molecule has 0 spiro atoms. The number of Topliss-reactive ketones (excluding diaryl/α,β-unsaturated/α-hetero) is 1. The fourth-order valence-electron chi connectivity index (χ4n) is 1.75. The minimum atomic E-state index is -0.190. The van der Waals surface area contributed by atoms with Crippen LogP contribution in [-0.2, 0) is 4.79 Å². The SMILES string of the molecule is CC(=O)Nc1ccccc1OCC(=O)c1ccc(Br)cc1. The zero-order valence-corrected chi connectivity index (χ0v) is 13.0. The highest BCUT2D eigenvalue weighted by atomic mass is 79.9. The highest BCUT2D eigenvalue weighted by Crippen LogP contribution is 2.23. The standard InChI is InChI=1S/C16H14BrNO3/c1-11(19)18-14-4-2-3-5-16(14)21-10-15(20)12-6-8-13(17)9-7-12/h2-9H,10H2,1H3,(H,18,19). The minimum absolute atomic E-state index is 0.0851. The lowest BCUT2D eigenvalue weighted by atomic mass is 10.1. The van der Waals surface area contributed by atoms with Gasteiger partial charge in [0, 0.05) is 17.0 Å². The molecule has 2 aromatic rings. The second kappa shape index (κ2) is 7.04. The van der Waals surface area contributed by atoms with Crippen molar-refractivity contribution in [3.05, 3.63) is 58.6 Å². The van der Waals surface area contributed by atoms with Gasteiger partial charge in [-0.1, -0.05) is 40.2 Å². The molecule has 0 aliphatic rings. The Bertz CT molecular complexity index is 653. The van der Waals surface area contributed by atoms with Gasteiger partial charge in [0.15, 0.2) is 12.4 Å². The average Bonchev–Trinajstić information content (AvgIpc) is 2.46. The summed E-state index contributed by atoms with van der Waals surface area (Å²) in [6, 6.07) is 14.1. The topological polar surface area (TPSA) is 55.4 Å². The number of ether oxygens (including phenoxy) is 1. The third kappa shape index (κ3) is 4.43. The number of halogens is 1. The highest BCUT2D eigenvalue weighted by Gasteiger charge is 2.09. The summed E-state index contributed by atoms with van der Waals surface area (Å²) >= 11 is 3.32. The Morgan fingerprint density at radius 3 is 2.43 bits per heavy atom. The Balaban J connectivity index is 2.04. The first kappa shape index (κ1) is 15.3. The Kier molecular flexibility index (Phi) is 5.11. The molecule has 21 heavy (non-hydrogen) atoms. The molecule has 0 aromatic heterocycles. The molecule has 2 aromatic carbocycles. The molecule has 5 heteroatoms. The molecule has 2 rings (SSSR count). The maximum Gasteiger partial charge on any atom is 0.221 e. The Hall–Kier alpha value is -2.14. The van der Waals surface area contributed by atoms with E-state index in [4.69, 9.17) is 4.74 Å². The third-order valence-corrected chi connectivity index (χ3v) is 3.25. The van der Waals surface area contributed by atoms with Gasteiger partial charge in [0.25, 0.3) is 0 Å². The van der Waals surface area contributed by atoms with E-state index in [1.54, 1.807) is 48.5 Å². The van der Waals surface area contributed by atoms with E-state index in [-0.39, 0.29) is 18.3 Å². The predicted octanol–water partition coefficient (Wildman–Crippen LogP) is 3.67. The Morgan fingerprint density at radius 2 is 1.76 bits per heavy atom. The van der Waals surface area contributed by atoms with Crippen LogP contribution in [0.15, 0.2) is 53.0 Å². The molecule has 0 aliphatic carbocycles. The summed E-state index contributed by atoms with van der Waals surface area (Å²) < 4.78 is 6.42. The molecular weight excluding hydrogens is 334 g/mol. The molecule has 4 nitrogen and oxygen atoms in total. The van der Waals surface area contributed by atoms with Crippen LogP contribution in [-0.4, -0.2) is 18.3 Å². The molecule has 108 valence electrons. The van der Waals surface area contributed by atoms with Crippen LogP contribution in [0.5, 0.6) is 5.75 Å². The first-order valence-corrected chi connectivity index (χ1v) is 7.14. The van der Waals surface area contributed by atoms with Crippen molar-refractivity contribution >= 4 is 33.3 Å². The van der Waals surface area contributed by atoms with Crippen LogP contribution in [0.1, 0.15) is 17.3 Å². The van der Waals surface area contributed by atoms with E-state index in [2.05, 4.69) is 21.2 Å². The van der Waals surface area contributed by atoms with E-state index >= 15 is 0 Å². The van der Waals surface area contributed by atoms with Crippen molar-refractivity contribution < 1.29 is 14.3 Å². The molecule has 0 fully saturated rings. The van der Waals surface area contributed by atoms with Gasteiger partial charge in [-0.25, -0.2) is 0 Å². The zero-order valence-electron chi connectivity index (χ0n) is 11.4. The van der Waals surface area contributed by atoms with Gasteiger partial charge in [-0.2, -0.15) is 0 Å². The lowest BCUT2D eigenvalue weighted by molar-refractivity contribution is -0.114. The highest BCUT2D eigenvalue weighted by molar-refractivity contribution is 9.10. The molecule has 1 amide bonds. The number of para-hydroxylation sites is 2. The van der Waals surface area contributed by atoms with Crippen molar-refractivity contribution in [1.82, 2.24) is 0 Å². The normalized spacial score (nSPS) is 10.0. The second-order valence-electron chi connectivity index (χ2n) is 4.40. The van der Waals surface area contributed by atoms with Crippen LogP contribution >= 0.6 is 15.9 Å². The third-order valence-electron chi connectivity index (χ3n) is 2.72. The van der Waals surface area contributed by atoms with Crippen molar-refractivity contribution in [3.63, 3.8) is 0 Å². The number of hydrogen-bond donors (Lipinski definition) is 1. The van der Waals surface area contributed by atoms with Crippen LogP contribution in [0, 0.1) is 0 Å². The molecule has 0 saturated heterocycles. The quantitative estimate of drug-likeness (QED) is 0.839.